The van der Waals surface area contributed by atoms with Crippen LogP contribution in [0, 0.1) is 0 Å². The van der Waals surface area contributed by atoms with Gasteiger partial charge in [0.05, 0.1) is 47.3 Å². The van der Waals surface area contributed by atoms with E-state index in [1.807, 2.05) is 6.92 Å². The summed E-state index contributed by atoms with van der Waals surface area (Å²) in [6.07, 6.45) is 5.48. The normalized spacial score (nSPS) is 24.0. The topological polar surface area (TPSA) is 251 Å². The highest BCUT2D eigenvalue weighted by molar-refractivity contribution is 5.98. The zero-order valence-corrected chi connectivity index (χ0v) is 37.9. The predicted molar refractivity (Wildman–Crippen MR) is 229 cm³/mol. The van der Waals surface area contributed by atoms with Crippen LogP contribution in [0.2, 0.25) is 0 Å². The molecule has 2 aromatic heterocycles. The van der Waals surface area contributed by atoms with Crippen molar-refractivity contribution in [1.29, 1.82) is 0 Å². The minimum absolute atomic E-state index is 0.0846. The van der Waals surface area contributed by atoms with Gasteiger partial charge in [-0.25, -0.2) is 19.6 Å². The molecule has 0 aromatic carbocycles. The number of pyridine rings is 2. The summed E-state index contributed by atoms with van der Waals surface area (Å²) in [5, 5.41) is 25.4. The Morgan fingerprint density at radius 3 is 1.53 bits per heavy atom. The molecule has 2 aromatic rings. The Hall–Kier alpha value is -5.12. The lowest BCUT2D eigenvalue weighted by Crippen LogP contribution is -2.47. The third-order valence-electron chi connectivity index (χ3n) is 9.80. The number of esters is 2. The molecule has 4 heterocycles. The number of amides is 2. The minimum atomic E-state index is -1.12. The number of carbonyl (C=O) groups is 4. The van der Waals surface area contributed by atoms with Gasteiger partial charge in [0.2, 0.25) is 0 Å². The molecule has 2 amide bonds. The monoisotopic (exact) mass is 906 g/mol. The van der Waals surface area contributed by atoms with Crippen LogP contribution in [0.4, 0.5) is 0 Å². The molecular formula is C44H66N4O16. The van der Waals surface area contributed by atoms with Gasteiger partial charge in [-0.2, -0.15) is 0 Å². The minimum Gasteiger partial charge on any atom is -0.503 e. The third kappa shape index (κ3) is 16.1. The lowest BCUT2D eigenvalue weighted by Gasteiger charge is -2.30. The first-order chi connectivity index (χ1) is 30.8. The fourth-order valence-corrected chi connectivity index (χ4v) is 6.35. The zero-order valence-electron chi connectivity index (χ0n) is 37.9. The summed E-state index contributed by atoms with van der Waals surface area (Å²) >= 11 is 0. The Bertz CT molecular complexity index is 1770. The lowest BCUT2D eigenvalue weighted by molar-refractivity contribution is -0.168. The van der Waals surface area contributed by atoms with E-state index in [2.05, 4.69) is 41.0 Å². The second kappa shape index (κ2) is 28.6. The molecule has 0 spiro atoms. The van der Waals surface area contributed by atoms with Crippen LogP contribution in [0.15, 0.2) is 37.2 Å². The van der Waals surface area contributed by atoms with Crippen LogP contribution in [0.25, 0.3) is 0 Å². The molecule has 20 heteroatoms. The second-order valence-corrected chi connectivity index (χ2v) is 14.8. The maximum absolute atomic E-state index is 12.8. The molecule has 8 atom stereocenters. The van der Waals surface area contributed by atoms with Crippen molar-refractivity contribution in [1.82, 2.24) is 20.6 Å². The molecule has 0 radical (unpaired) electrons. The number of methoxy groups -OCH3 is 2. The molecule has 4 N–H and O–H groups in total. The fourth-order valence-electron chi connectivity index (χ4n) is 6.35. The Morgan fingerprint density at radius 2 is 1.14 bits per heavy atom. The first-order valence-electron chi connectivity index (χ1n) is 21.5. The number of ether oxygens (including phenoxy) is 10. The van der Waals surface area contributed by atoms with Crippen LogP contribution in [-0.4, -0.2) is 160 Å². The molecule has 2 aliphatic rings. The van der Waals surface area contributed by atoms with E-state index < -0.39 is 84.0 Å². The Balaban J connectivity index is 0.000000340. The van der Waals surface area contributed by atoms with Crippen molar-refractivity contribution < 1.29 is 76.8 Å². The average molecular weight is 907 g/mol. The smallest absolute Gasteiger partial charge is 0.331 e. The van der Waals surface area contributed by atoms with Gasteiger partial charge in [-0.15, -0.1) is 6.58 Å². The third-order valence-corrected chi connectivity index (χ3v) is 9.80. The number of unbranched alkanes of at least 4 members (excludes halogenated alkanes) is 2. The van der Waals surface area contributed by atoms with Gasteiger partial charge in [-0.3, -0.25) is 9.59 Å². The molecule has 4 rings (SSSR count). The van der Waals surface area contributed by atoms with Crippen LogP contribution in [0.3, 0.4) is 0 Å². The van der Waals surface area contributed by atoms with Crippen molar-refractivity contribution in [3.05, 3.63) is 48.6 Å². The lowest BCUT2D eigenvalue weighted by atomic mass is 10.1. The van der Waals surface area contributed by atoms with Crippen molar-refractivity contribution in [3.8, 4) is 23.0 Å². The van der Waals surface area contributed by atoms with E-state index in [0.29, 0.717) is 19.8 Å². The van der Waals surface area contributed by atoms with Gasteiger partial charge >= 0.3 is 11.9 Å². The van der Waals surface area contributed by atoms with Crippen LogP contribution in [-0.2, 0) is 47.5 Å². The number of carbonyl (C=O) groups excluding carboxylic acids is 4. The molecule has 64 heavy (non-hydrogen) atoms. The van der Waals surface area contributed by atoms with Gasteiger partial charge in [-0.1, -0.05) is 39.7 Å². The molecule has 0 unspecified atom stereocenters. The van der Waals surface area contributed by atoms with Crippen molar-refractivity contribution >= 4 is 23.8 Å². The number of cyclic esters (lactones) is 2. The van der Waals surface area contributed by atoms with Gasteiger partial charge in [0.25, 0.3) is 11.8 Å². The molecule has 0 bridgehead atoms. The Labute approximate surface area is 374 Å². The van der Waals surface area contributed by atoms with E-state index in [0.717, 1.165) is 32.1 Å². The zero-order chi connectivity index (χ0) is 47.0. The van der Waals surface area contributed by atoms with E-state index in [9.17, 15) is 29.4 Å². The summed E-state index contributed by atoms with van der Waals surface area (Å²) in [4.78, 5) is 58.6. The maximum atomic E-state index is 12.8. The summed E-state index contributed by atoms with van der Waals surface area (Å²) < 4.78 is 56.2. The predicted octanol–water partition coefficient (Wildman–Crippen LogP) is 3.45. The number of hydrogen-bond acceptors (Lipinski definition) is 18. The van der Waals surface area contributed by atoms with Crippen LogP contribution in [0.5, 0.6) is 23.0 Å². The Kier molecular flexibility index (Phi) is 23.8. The summed E-state index contributed by atoms with van der Waals surface area (Å²) in [6, 6.07) is 0.610. The molecule has 2 aliphatic heterocycles. The van der Waals surface area contributed by atoms with Crippen molar-refractivity contribution in [2.24, 2.45) is 0 Å². The number of aromatic nitrogens is 2. The van der Waals surface area contributed by atoms with Crippen molar-refractivity contribution in [3.63, 3.8) is 0 Å². The molecule has 20 nitrogen and oxygen atoms in total. The van der Waals surface area contributed by atoms with Crippen molar-refractivity contribution in [2.45, 2.75) is 115 Å². The molecular weight excluding hydrogens is 840 g/mol. The SMILES string of the molecule is C=CCO[C@H]1[C@H](C)OC(=O)[C@@H](NC(=O)c2nccc(OC)c2O)COC[C@@H]1OCCCC.CCCCO[C@H]1COC[C@H](NC(=O)c2nccc(OC)c2O)C(=O)O[C@@H](C)[C@@H]1OCCC. The van der Waals surface area contributed by atoms with Crippen LogP contribution < -0.4 is 20.1 Å². The first-order valence-corrected chi connectivity index (χ1v) is 21.5. The van der Waals surface area contributed by atoms with E-state index in [4.69, 9.17) is 47.4 Å². The summed E-state index contributed by atoms with van der Waals surface area (Å²) in [7, 11) is 2.71. The quantitative estimate of drug-likeness (QED) is 0.0844. The first kappa shape index (κ1) is 53.2. The fraction of sp³-hybridized carbons (Fsp3) is 0.636. The van der Waals surface area contributed by atoms with E-state index in [-0.39, 0.29) is 55.9 Å². The van der Waals surface area contributed by atoms with Crippen LogP contribution in [0.1, 0.15) is 87.7 Å². The highest BCUT2D eigenvalue weighted by Gasteiger charge is 2.38. The standard InChI is InChI=1S/C22H34N2O8.C22H32N2O8/c2*1-5-7-11-30-17-13-29-12-15(22(27)32-14(3)20(17)31-10-6-2)24-21(26)18-19(25)16(28-4)8-9-23-18/h8-9,14-15,17,20,25H,5-7,10-13H2,1-4H3,(H,24,26);6,8-9,14-15,17,20,25H,2,5,7,10-13H2,1,3-4H3,(H,24,26)/t2*14-,15-,17-,20-/m00/s1. The summed E-state index contributed by atoms with van der Waals surface area (Å²) in [5.41, 5.74) is -0.548. The summed E-state index contributed by atoms with van der Waals surface area (Å²) in [6.45, 7) is 15.0. The molecule has 2 fully saturated rings. The molecule has 2 saturated heterocycles. The Morgan fingerprint density at radius 1 is 0.703 bits per heavy atom. The van der Waals surface area contributed by atoms with Gasteiger partial charge < -0.3 is 68.2 Å². The van der Waals surface area contributed by atoms with Gasteiger partial charge in [-0.05, 0) is 33.1 Å². The van der Waals surface area contributed by atoms with Gasteiger partial charge in [0, 0.05) is 44.3 Å². The van der Waals surface area contributed by atoms with Gasteiger partial charge in [0.1, 0.15) is 36.6 Å². The number of nitrogens with zero attached hydrogens (tertiary/aromatic N) is 2. The van der Waals surface area contributed by atoms with Crippen LogP contribution >= 0.6 is 0 Å². The average Bonchev–Trinajstić information content (AvgIpc) is 3.36. The van der Waals surface area contributed by atoms with E-state index in [1.54, 1.807) is 19.9 Å². The largest absolute Gasteiger partial charge is 0.503 e. The number of aromatic hydroxyl groups is 2. The number of hydrogen-bond donors (Lipinski definition) is 4. The molecule has 0 aliphatic carbocycles. The second-order valence-electron chi connectivity index (χ2n) is 14.8. The van der Waals surface area contributed by atoms with E-state index >= 15 is 0 Å². The maximum Gasteiger partial charge on any atom is 0.331 e. The number of nitrogens with one attached hydrogen (secondary N) is 2. The highest BCUT2D eigenvalue weighted by Crippen LogP contribution is 2.29. The molecule has 358 valence electrons. The van der Waals surface area contributed by atoms with Gasteiger partial charge in [0.15, 0.2) is 46.5 Å². The van der Waals surface area contributed by atoms with Crippen molar-refractivity contribution in [2.75, 3.05) is 67.1 Å². The van der Waals surface area contributed by atoms with E-state index in [1.165, 1.54) is 38.7 Å². The summed E-state index contributed by atoms with van der Waals surface area (Å²) in [5.74, 6) is -3.57. The highest BCUT2D eigenvalue weighted by atomic mass is 16.6. The molecule has 0 saturated carbocycles. The number of rotatable bonds is 20.